The number of rotatable bonds is 5. The van der Waals surface area contributed by atoms with Gasteiger partial charge in [-0.25, -0.2) is 9.67 Å². The number of amides is 1. The zero-order chi connectivity index (χ0) is 23.9. The van der Waals surface area contributed by atoms with Crippen LogP contribution in [-0.2, 0) is 16.8 Å². The van der Waals surface area contributed by atoms with E-state index in [0.717, 1.165) is 50.6 Å². The Hall–Kier alpha value is -3.09. The highest BCUT2D eigenvalue weighted by Crippen LogP contribution is 2.33. The molecule has 1 aromatic carbocycles. The molecular weight excluding hydrogens is 416 g/mol. The third-order valence-corrected chi connectivity index (χ3v) is 6.26. The van der Waals surface area contributed by atoms with Crippen molar-refractivity contribution in [1.82, 2.24) is 20.1 Å². The number of nitrogens with one attached hydrogen (secondary N) is 1. The fraction of sp³-hybridized carbons (Fsp3) is 0.500. The van der Waals surface area contributed by atoms with Gasteiger partial charge in [0.05, 0.1) is 17.3 Å². The van der Waals surface area contributed by atoms with Gasteiger partial charge in [-0.2, -0.15) is 5.10 Å². The number of carbonyl (C=O) groups is 1. The van der Waals surface area contributed by atoms with Crippen molar-refractivity contribution in [2.75, 3.05) is 13.2 Å². The number of ether oxygens (including phenoxy) is 2. The highest BCUT2D eigenvalue weighted by molar-refractivity contribution is 5.84. The Labute approximate surface area is 195 Å². The van der Waals surface area contributed by atoms with Crippen molar-refractivity contribution in [3.8, 4) is 11.5 Å². The van der Waals surface area contributed by atoms with Gasteiger partial charge in [0.15, 0.2) is 17.1 Å². The number of hydrogen-bond acceptors (Lipinski definition) is 5. The summed E-state index contributed by atoms with van der Waals surface area (Å²) in [6.45, 7) is 15.6. The second-order valence-electron chi connectivity index (χ2n) is 9.86. The van der Waals surface area contributed by atoms with E-state index in [0.29, 0.717) is 26.1 Å². The van der Waals surface area contributed by atoms with Crippen LogP contribution in [0.2, 0.25) is 0 Å². The fourth-order valence-electron chi connectivity index (χ4n) is 4.51. The summed E-state index contributed by atoms with van der Waals surface area (Å²) in [5, 5.41) is 8.96. The lowest BCUT2D eigenvalue weighted by atomic mass is 9.98. The monoisotopic (exact) mass is 450 g/mol. The Morgan fingerprint density at radius 1 is 1.12 bits per heavy atom. The molecule has 0 spiro atoms. The number of nitrogens with zero attached hydrogens (tertiary/aromatic N) is 3. The third-order valence-electron chi connectivity index (χ3n) is 6.26. The standard InChI is InChI=1S/C26H34N4O3/c1-15-20(17(3)28-25-24(15)18(4)29-30(25)26(5,6)7)9-11-23(31)27-16(2)19-8-10-21-22(14-19)33-13-12-32-21/h8,10,14,16H,9,11-13H2,1-7H3,(H,27,31). The molecule has 0 saturated carbocycles. The van der Waals surface area contributed by atoms with Crippen LogP contribution in [-0.4, -0.2) is 33.9 Å². The molecule has 4 rings (SSSR count). The molecule has 0 bridgehead atoms. The number of pyridine rings is 1. The van der Waals surface area contributed by atoms with Gasteiger partial charge in [-0.1, -0.05) is 6.07 Å². The lowest BCUT2D eigenvalue weighted by molar-refractivity contribution is -0.121. The van der Waals surface area contributed by atoms with Crippen LogP contribution in [0, 0.1) is 20.8 Å². The van der Waals surface area contributed by atoms with Gasteiger partial charge in [-0.05, 0) is 83.7 Å². The normalized spacial score (nSPS) is 14.4. The van der Waals surface area contributed by atoms with E-state index >= 15 is 0 Å². The first-order valence-electron chi connectivity index (χ1n) is 11.6. The van der Waals surface area contributed by atoms with Gasteiger partial charge in [-0.15, -0.1) is 0 Å². The Morgan fingerprint density at radius 3 is 2.52 bits per heavy atom. The van der Waals surface area contributed by atoms with Crippen molar-refractivity contribution in [2.45, 2.75) is 72.9 Å². The molecule has 2 aromatic heterocycles. The second-order valence-corrected chi connectivity index (χ2v) is 9.86. The van der Waals surface area contributed by atoms with Crippen LogP contribution in [0.3, 0.4) is 0 Å². The van der Waals surface area contributed by atoms with Crippen LogP contribution >= 0.6 is 0 Å². The predicted octanol–water partition coefficient (Wildman–Crippen LogP) is 4.69. The zero-order valence-electron chi connectivity index (χ0n) is 20.7. The number of aromatic nitrogens is 3. The molecular formula is C26H34N4O3. The maximum Gasteiger partial charge on any atom is 0.220 e. The van der Waals surface area contributed by atoms with Gasteiger partial charge >= 0.3 is 0 Å². The maximum absolute atomic E-state index is 12.8. The molecule has 1 atom stereocenters. The first-order chi connectivity index (χ1) is 15.6. The summed E-state index contributed by atoms with van der Waals surface area (Å²) in [6, 6.07) is 5.70. The van der Waals surface area contributed by atoms with Gasteiger partial charge < -0.3 is 14.8 Å². The van der Waals surface area contributed by atoms with Crippen LogP contribution < -0.4 is 14.8 Å². The number of carbonyl (C=O) groups excluding carboxylic acids is 1. The molecule has 1 N–H and O–H groups in total. The molecule has 0 radical (unpaired) electrons. The van der Waals surface area contributed by atoms with Gasteiger partial charge in [0.2, 0.25) is 5.91 Å². The minimum Gasteiger partial charge on any atom is -0.486 e. The lowest BCUT2D eigenvalue weighted by Crippen LogP contribution is -2.27. The van der Waals surface area contributed by atoms with E-state index in [2.05, 4.69) is 33.0 Å². The van der Waals surface area contributed by atoms with Gasteiger partial charge in [0, 0.05) is 17.5 Å². The summed E-state index contributed by atoms with van der Waals surface area (Å²) in [4.78, 5) is 17.7. The summed E-state index contributed by atoms with van der Waals surface area (Å²) in [5.74, 6) is 1.50. The molecule has 33 heavy (non-hydrogen) atoms. The average molecular weight is 451 g/mol. The summed E-state index contributed by atoms with van der Waals surface area (Å²) >= 11 is 0. The van der Waals surface area contributed by atoms with Crippen molar-refractivity contribution in [3.63, 3.8) is 0 Å². The first-order valence-corrected chi connectivity index (χ1v) is 11.6. The summed E-state index contributed by atoms with van der Waals surface area (Å²) < 4.78 is 13.3. The van der Waals surface area contributed by atoms with Gasteiger partial charge in [0.1, 0.15) is 13.2 Å². The van der Waals surface area contributed by atoms with E-state index in [1.165, 1.54) is 0 Å². The molecule has 176 valence electrons. The summed E-state index contributed by atoms with van der Waals surface area (Å²) in [7, 11) is 0. The minimum absolute atomic E-state index is 0.0124. The molecule has 7 heteroatoms. The maximum atomic E-state index is 12.8. The third kappa shape index (κ3) is 4.54. The number of hydrogen-bond donors (Lipinski definition) is 1. The molecule has 1 amide bonds. The van der Waals surface area contributed by atoms with E-state index in [4.69, 9.17) is 19.6 Å². The molecule has 7 nitrogen and oxygen atoms in total. The Balaban J connectivity index is 1.48. The predicted molar refractivity (Wildman–Crippen MR) is 129 cm³/mol. The molecule has 3 aromatic rings. The van der Waals surface area contributed by atoms with Crippen molar-refractivity contribution < 1.29 is 14.3 Å². The average Bonchev–Trinajstić information content (AvgIpc) is 3.09. The van der Waals surface area contributed by atoms with Crippen molar-refractivity contribution in [2.24, 2.45) is 0 Å². The first kappa shape index (κ1) is 23.1. The van der Waals surface area contributed by atoms with E-state index in [9.17, 15) is 4.79 Å². The van der Waals surface area contributed by atoms with Crippen LogP contribution in [0.1, 0.15) is 68.2 Å². The van der Waals surface area contributed by atoms with E-state index in [-0.39, 0.29) is 17.5 Å². The Morgan fingerprint density at radius 2 is 1.82 bits per heavy atom. The van der Waals surface area contributed by atoms with Crippen molar-refractivity contribution in [3.05, 3.63) is 46.3 Å². The van der Waals surface area contributed by atoms with Crippen molar-refractivity contribution >= 4 is 16.9 Å². The highest BCUT2D eigenvalue weighted by atomic mass is 16.6. The van der Waals surface area contributed by atoms with E-state index in [1.54, 1.807) is 0 Å². The lowest BCUT2D eigenvalue weighted by Gasteiger charge is -2.21. The summed E-state index contributed by atoms with van der Waals surface area (Å²) in [5.41, 5.74) is 5.98. The van der Waals surface area contributed by atoms with Gasteiger partial charge in [0.25, 0.3) is 0 Å². The molecule has 0 saturated heterocycles. The number of fused-ring (bicyclic) bond motifs is 2. The molecule has 0 aliphatic carbocycles. The molecule has 1 aliphatic heterocycles. The smallest absolute Gasteiger partial charge is 0.220 e. The Kier molecular flexibility index (Phi) is 6.08. The topological polar surface area (TPSA) is 78.3 Å². The molecule has 1 unspecified atom stereocenters. The van der Waals surface area contributed by atoms with Crippen molar-refractivity contribution in [1.29, 1.82) is 0 Å². The SMILES string of the molecule is Cc1nc2c(c(C)nn2C(C)(C)C)c(C)c1CCC(=O)NC(C)c1ccc2c(c1)OCCO2. The number of aryl methyl sites for hydroxylation is 3. The second kappa shape index (κ2) is 8.69. The minimum atomic E-state index is -0.149. The van der Waals surface area contributed by atoms with Crippen LogP contribution in [0.5, 0.6) is 11.5 Å². The largest absolute Gasteiger partial charge is 0.486 e. The van der Waals surface area contributed by atoms with Gasteiger partial charge in [-0.3, -0.25) is 4.79 Å². The molecule has 3 heterocycles. The quantitative estimate of drug-likeness (QED) is 0.610. The van der Waals surface area contributed by atoms with Crippen LogP contribution in [0.25, 0.3) is 11.0 Å². The van der Waals surface area contributed by atoms with Crippen LogP contribution in [0.15, 0.2) is 18.2 Å². The van der Waals surface area contributed by atoms with E-state index < -0.39 is 0 Å². The Bertz CT molecular complexity index is 1210. The van der Waals surface area contributed by atoms with Crippen LogP contribution in [0.4, 0.5) is 0 Å². The highest BCUT2D eigenvalue weighted by Gasteiger charge is 2.23. The summed E-state index contributed by atoms with van der Waals surface area (Å²) in [6.07, 6.45) is 1.04. The fourth-order valence-corrected chi connectivity index (χ4v) is 4.51. The molecule has 0 fully saturated rings. The number of benzene rings is 1. The molecule has 1 aliphatic rings. The van der Waals surface area contributed by atoms with E-state index in [1.807, 2.05) is 43.7 Å². The zero-order valence-corrected chi connectivity index (χ0v) is 20.7.